The van der Waals surface area contributed by atoms with E-state index in [1.165, 1.54) is 11.8 Å². The molecule has 0 radical (unpaired) electrons. The predicted molar refractivity (Wildman–Crippen MR) is 128 cm³/mol. The summed E-state index contributed by atoms with van der Waals surface area (Å²) in [5.41, 5.74) is 0.338. The Labute approximate surface area is 200 Å². The monoisotopic (exact) mass is 471 g/mol. The molecule has 3 N–H and O–H groups in total. The fourth-order valence-corrected chi connectivity index (χ4v) is 3.26. The third-order valence-electron chi connectivity index (χ3n) is 4.76. The average Bonchev–Trinajstić information content (AvgIpc) is 2.78. The fourth-order valence-electron chi connectivity index (χ4n) is 3.26. The summed E-state index contributed by atoms with van der Waals surface area (Å²) in [4.78, 5) is 40.2. The largest absolute Gasteiger partial charge is 0.497 e. The van der Waals surface area contributed by atoms with Gasteiger partial charge in [-0.25, -0.2) is 4.79 Å². The van der Waals surface area contributed by atoms with Crippen molar-refractivity contribution in [2.24, 2.45) is 0 Å². The Hall–Kier alpha value is -3.59. The molecule has 3 amide bonds. The lowest BCUT2D eigenvalue weighted by atomic mass is 10.0. The number of alkyl carbamates (subject to hydrolysis) is 1. The Morgan fingerprint density at radius 3 is 2.18 bits per heavy atom. The number of hydrogen-bond acceptors (Lipinski definition) is 6. The highest BCUT2D eigenvalue weighted by molar-refractivity contribution is 5.99. The van der Waals surface area contributed by atoms with Crippen molar-refractivity contribution in [1.29, 1.82) is 0 Å². The molecular weight excluding hydrogens is 438 g/mol. The maximum Gasteiger partial charge on any atom is 0.408 e. The minimum atomic E-state index is -1.05. The quantitative estimate of drug-likeness (QED) is 0.517. The molecule has 9 heteroatoms. The van der Waals surface area contributed by atoms with E-state index in [-0.39, 0.29) is 13.2 Å². The second-order valence-corrected chi connectivity index (χ2v) is 8.65. The zero-order valence-electron chi connectivity index (χ0n) is 20.2. The van der Waals surface area contributed by atoms with Crippen LogP contribution in [0, 0.1) is 0 Å². The van der Waals surface area contributed by atoms with Crippen LogP contribution in [0.3, 0.4) is 0 Å². The molecule has 0 aliphatic heterocycles. The molecule has 9 nitrogen and oxygen atoms in total. The molecule has 0 heterocycles. The number of benzene rings is 2. The van der Waals surface area contributed by atoms with Crippen LogP contribution >= 0.6 is 0 Å². The molecule has 0 saturated carbocycles. The van der Waals surface area contributed by atoms with Crippen molar-refractivity contribution in [2.75, 3.05) is 25.6 Å². The first-order valence-corrected chi connectivity index (χ1v) is 11.0. The second kappa shape index (κ2) is 12.0. The number of nitrogens with zero attached hydrogens (tertiary/aromatic N) is 1. The highest BCUT2D eigenvalue weighted by Gasteiger charge is 2.34. The zero-order valence-corrected chi connectivity index (χ0v) is 20.2. The number of aliphatic hydroxyl groups is 1. The van der Waals surface area contributed by atoms with Crippen LogP contribution in [0.25, 0.3) is 0 Å². The van der Waals surface area contributed by atoms with E-state index >= 15 is 0 Å². The van der Waals surface area contributed by atoms with Crippen molar-refractivity contribution < 1.29 is 29.0 Å². The zero-order chi connectivity index (χ0) is 25.3. The number of nitrogens with one attached hydrogen (secondary N) is 2. The Morgan fingerprint density at radius 1 is 1.03 bits per heavy atom. The standard InChI is InChI=1S/C25H33N3O6/c1-17(26-24(32)34-25(2,3)4)23(31)28(15-16-29)21(18-9-7-6-8-10-18)22(30)27-19-11-13-20(33-5)14-12-19/h6-14,17,21,29H,15-16H2,1-5H3,(H,26,32)(H,27,30). The summed E-state index contributed by atoms with van der Waals surface area (Å²) in [7, 11) is 1.55. The summed E-state index contributed by atoms with van der Waals surface area (Å²) in [6, 6.07) is 13.5. The molecule has 0 spiro atoms. The minimum absolute atomic E-state index is 0.116. The van der Waals surface area contributed by atoms with Gasteiger partial charge < -0.3 is 30.1 Å². The van der Waals surface area contributed by atoms with Gasteiger partial charge >= 0.3 is 6.09 Å². The first-order chi connectivity index (χ1) is 16.1. The molecule has 0 aliphatic rings. The molecule has 0 aliphatic carbocycles. The van der Waals surface area contributed by atoms with Crippen LogP contribution in [0.15, 0.2) is 54.6 Å². The molecule has 0 fully saturated rings. The van der Waals surface area contributed by atoms with Crippen molar-refractivity contribution >= 4 is 23.6 Å². The van der Waals surface area contributed by atoms with Crippen LogP contribution in [0.4, 0.5) is 10.5 Å². The molecule has 2 unspecified atom stereocenters. The molecule has 184 valence electrons. The number of hydrogen-bond donors (Lipinski definition) is 3. The third-order valence-corrected chi connectivity index (χ3v) is 4.76. The van der Waals surface area contributed by atoms with Gasteiger partial charge in [0, 0.05) is 12.2 Å². The van der Waals surface area contributed by atoms with E-state index in [0.717, 1.165) is 0 Å². The summed E-state index contributed by atoms with van der Waals surface area (Å²) in [6.07, 6.45) is -0.753. The Kier molecular flexibility index (Phi) is 9.44. The molecule has 2 aromatic carbocycles. The maximum atomic E-state index is 13.4. The van der Waals surface area contributed by atoms with E-state index in [1.54, 1.807) is 82.5 Å². The number of rotatable bonds is 9. The van der Waals surface area contributed by atoms with Crippen molar-refractivity contribution in [3.8, 4) is 5.75 Å². The number of methoxy groups -OCH3 is 1. The fraction of sp³-hybridized carbons (Fsp3) is 0.400. The Balaban J connectivity index is 2.31. The summed E-state index contributed by atoms with van der Waals surface area (Å²) >= 11 is 0. The van der Waals surface area contributed by atoms with Gasteiger partial charge in [0.15, 0.2) is 0 Å². The summed E-state index contributed by atoms with van der Waals surface area (Å²) in [5, 5.41) is 15.0. The lowest BCUT2D eigenvalue weighted by Crippen LogP contribution is -2.51. The number of anilines is 1. The van der Waals surface area contributed by atoms with Crippen molar-refractivity contribution in [1.82, 2.24) is 10.2 Å². The van der Waals surface area contributed by atoms with Gasteiger partial charge in [-0.2, -0.15) is 0 Å². The number of amides is 3. The highest BCUT2D eigenvalue weighted by Crippen LogP contribution is 2.25. The molecule has 2 atom stereocenters. The van der Waals surface area contributed by atoms with Crippen LogP contribution in [-0.4, -0.2) is 59.8 Å². The summed E-state index contributed by atoms with van der Waals surface area (Å²) in [6.45, 7) is 6.16. The summed E-state index contributed by atoms with van der Waals surface area (Å²) < 4.78 is 10.4. The van der Waals surface area contributed by atoms with Crippen LogP contribution in [-0.2, 0) is 14.3 Å². The van der Waals surface area contributed by atoms with E-state index in [0.29, 0.717) is 17.0 Å². The van der Waals surface area contributed by atoms with Gasteiger partial charge in [0.1, 0.15) is 23.4 Å². The lowest BCUT2D eigenvalue weighted by molar-refractivity contribution is -0.141. The van der Waals surface area contributed by atoms with Gasteiger partial charge in [-0.05, 0) is 57.5 Å². The second-order valence-electron chi connectivity index (χ2n) is 8.65. The third kappa shape index (κ3) is 7.77. The van der Waals surface area contributed by atoms with Crippen LogP contribution in [0.1, 0.15) is 39.3 Å². The number of carbonyl (C=O) groups excluding carboxylic acids is 3. The lowest BCUT2D eigenvalue weighted by Gasteiger charge is -2.33. The van der Waals surface area contributed by atoms with E-state index in [2.05, 4.69) is 10.6 Å². The van der Waals surface area contributed by atoms with Gasteiger partial charge in [-0.15, -0.1) is 0 Å². The van der Waals surface area contributed by atoms with Crippen molar-refractivity contribution in [2.45, 2.75) is 45.4 Å². The predicted octanol–water partition coefficient (Wildman–Crippen LogP) is 3.11. The van der Waals surface area contributed by atoms with Crippen LogP contribution in [0.2, 0.25) is 0 Å². The molecule has 34 heavy (non-hydrogen) atoms. The maximum absolute atomic E-state index is 13.4. The first kappa shape index (κ1) is 26.7. The SMILES string of the molecule is COc1ccc(NC(=O)C(c2ccccc2)N(CCO)C(=O)C(C)NC(=O)OC(C)(C)C)cc1. The van der Waals surface area contributed by atoms with Gasteiger partial charge in [0.25, 0.3) is 5.91 Å². The first-order valence-electron chi connectivity index (χ1n) is 11.0. The number of carbonyl (C=O) groups is 3. The number of ether oxygens (including phenoxy) is 2. The van der Waals surface area contributed by atoms with E-state index < -0.39 is 35.6 Å². The van der Waals surface area contributed by atoms with Gasteiger partial charge in [0.05, 0.1) is 13.7 Å². The molecule has 2 rings (SSSR count). The Morgan fingerprint density at radius 2 is 1.65 bits per heavy atom. The van der Waals surface area contributed by atoms with Crippen molar-refractivity contribution in [3.63, 3.8) is 0 Å². The van der Waals surface area contributed by atoms with Gasteiger partial charge in [0.2, 0.25) is 5.91 Å². The van der Waals surface area contributed by atoms with E-state index in [9.17, 15) is 19.5 Å². The average molecular weight is 472 g/mol. The number of aliphatic hydroxyl groups excluding tert-OH is 1. The van der Waals surface area contributed by atoms with Crippen LogP contribution < -0.4 is 15.4 Å². The van der Waals surface area contributed by atoms with Crippen molar-refractivity contribution in [3.05, 3.63) is 60.2 Å². The van der Waals surface area contributed by atoms with E-state index in [4.69, 9.17) is 9.47 Å². The van der Waals surface area contributed by atoms with Gasteiger partial charge in [-0.3, -0.25) is 9.59 Å². The topological polar surface area (TPSA) is 117 Å². The summed E-state index contributed by atoms with van der Waals surface area (Å²) in [5.74, 6) is -0.377. The highest BCUT2D eigenvalue weighted by atomic mass is 16.6. The normalized spacial score (nSPS) is 12.8. The molecule has 0 bridgehead atoms. The van der Waals surface area contributed by atoms with Crippen LogP contribution in [0.5, 0.6) is 5.75 Å². The molecule has 0 aromatic heterocycles. The Bertz CT molecular complexity index is 957. The minimum Gasteiger partial charge on any atom is -0.497 e. The van der Waals surface area contributed by atoms with Gasteiger partial charge in [-0.1, -0.05) is 30.3 Å². The van der Waals surface area contributed by atoms with E-state index in [1.807, 2.05) is 0 Å². The molecule has 0 saturated heterocycles. The molecule has 2 aromatic rings. The molecular formula is C25H33N3O6. The smallest absolute Gasteiger partial charge is 0.408 e.